The molecule has 3 unspecified atom stereocenters. The summed E-state index contributed by atoms with van der Waals surface area (Å²) in [5.74, 6) is 0.459. The standard InChI is InChI=1S/C13H27NO2/c1-3-4-7-12(10-16-2)14-13-8-5-6-11(13)9-15/h11-15H,3-10H2,1-2H3. The number of unbranched alkanes of at least 4 members (excludes halogenated alkanes) is 1. The van der Waals surface area contributed by atoms with Crippen molar-refractivity contribution < 1.29 is 9.84 Å². The Morgan fingerprint density at radius 2 is 2.25 bits per heavy atom. The van der Waals surface area contributed by atoms with Gasteiger partial charge in [0, 0.05) is 25.8 Å². The number of methoxy groups -OCH3 is 1. The lowest BCUT2D eigenvalue weighted by Crippen LogP contribution is -2.43. The summed E-state index contributed by atoms with van der Waals surface area (Å²) in [5.41, 5.74) is 0. The molecule has 0 aromatic heterocycles. The van der Waals surface area contributed by atoms with Gasteiger partial charge in [-0.15, -0.1) is 0 Å². The second-order valence-electron chi connectivity index (χ2n) is 4.94. The average molecular weight is 229 g/mol. The third-order valence-electron chi connectivity index (χ3n) is 3.62. The van der Waals surface area contributed by atoms with Crippen molar-refractivity contribution in [2.45, 2.75) is 57.5 Å². The molecular weight excluding hydrogens is 202 g/mol. The Balaban J connectivity index is 2.34. The van der Waals surface area contributed by atoms with Crippen molar-refractivity contribution in [3.63, 3.8) is 0 Å². The summed E-state index contributed by atoms with van der Waals surface area (Å²) in [4.78, 5) is 0. The van der Waals surface area contributed by atoms with Crippen molar-refractivity contribution in [3.05, 3.63) is 0 Å². The normalized spacial score (nSPS) is 27.2. The number of nitrogens with one attached hydrogen (secondary N) is 1. The van der Waals surface area contributed by atoms with Crippen LogP contribution in [-0.2, 0) is 4.74 Å². The van der Waals surface area contributed by atoms with Crippen LogP contribution in [0.15, 0.2) is 0 Å². The van der Waals surface area contributed by atoms with Crippen molar-refractivity contribution >= 4 is 0 Å². The molecule has 3 nitrogen and oxygen atoms in total. The van der Waals surface area contributed by atoms with E-state index in [1.165, 1.54) is 38.5 Å². The summed E-state index contributed by atoms with van der Waals surface area (Å²) in [6.07, 6.45) is 7.28. The summed E-state index contributed by atoms with van der Waals surface area (Å²) < 4.78 is 5.26. The van der Waals surface area contributed by atoms with Gasteiger partial charge in [-0.1, -0.05) is 26.2 Å². The highest BCUT2D eigenvalue weighted by Crippen LogP contribution is 2.25. The molecule has 1 aliphatic rings. The molecule has 0 saturated heterocycles. The van der Waals surface area contributed by atoms with Crippen molar-refractivity contribution in [2.75, 3.05) is 20.3 Å². The van der Waals surface area contributed by atoms with Crippen molar-refractivity contribution in [3.8, 4) is 0 Å². The highest BCUT2D eigenvalue weighted by Gasteiger charge is 2.28. The minimum Gasteiger partial charge on any atom is -0.396 e. The Hall–Kier alpha value is -0.120. The zero-order valence-electron chi connectivity index (χ0n) is 10.7. The Morgan fingerprint density at radius 3 is 2.88 bits per heavy atom. The van der Waals surface area contributed by atoms with E-state index in [1.807, 2.05) is 0 Å². The maximum absolute atomic E-state index is 9.28. The van der Waals surface area contributed by atoms with Crippen LogP contribution in [0.1, 0.15) is 45.4 Å². The molecule has 96 valence electrons. The maximum atomic E-state index is 9.28. The highest BCUT2D eigenvalue weighted by molar-refractivity contribution is 4.85. The first-order chi connectivity index (χ1) is 7.81. The van der Waals surface area contributed by atoms with E-state index in [9.17, 15) is 5.11 Å². The molecule has 1 aliphatic carbocycles. The number of ether oxygens (including phenoxy) is 1. The maximum Gasteiger partial charge on any atom is 0.0615 e. The van der Waals surface area contributed by atoms with E-state index in [4.69, 9.17) is 4.74 Å². The molecule has 0 aromatic carbocycles. The van der Waals surface area contributed by atoms with Crippen molar-refractivity contribution in [1.82, 2.24) is 5.32 Å². The highest BCUT2D eigenvalue weighted by atomic mass is 16.5. The third-order valence-corrected chi connectivity index (χ3v) is 3.62. The van der Waals surface area contributed by atoms with Crippen LogP contribution in [0, 0.1) is 5.92 Å². The second kappa shape index (κ2) is 8.04. The van der Waals surface area contributed by atoms with Gasteiger partial charge >= 0.3 is 0 Å². The predicted octanol–water partition coefficient (Wildman–Crippen LogP) is 1.94. The summed E-state index contributed by atoms with van der Waals surface area (Å²) >= 11 is 0. The van der Waals surface area contributed by atoms with Gasteiger partial charge in [0.05, 0.1) is 6.61 Å². The fourth-order valence-corrected chi connectivity index (χ4v) is 2.64. The molecule has 0 heterocycles. The lowest BCUT2D eigenvalue weighted by Gasteiger charge is -2.26. The molecular formula is C13H27NO2. The van der Waals surface area contributed by atoms with Crippen LogP contribution in [0.4, 0.5) is 0 Å². The van der Waals surface area contributed by atoms with Crippen molar-refractivity contribution in [2.24, 2.45) is 5.92 Å². The van der Waals surface area contributed by atoms with Gasteiger partial charge in [0.25, 0.3) is 0 Å². The van der Waals surface area contributed by atoms with E-state index in [0.29, 0.717) is 24.6 Å². The molecule has 0 aromatic rings. The van der Waals surface area contributed by atoms with E-state index in [0.717, 1.165) is 6.61 Å². The van der Waals surface area contributed by atoms with E-state index < -0.39 is 0 Å². The predicted molar refractivity (Wildman–Crippen MR) is 66.5 cm³/mol. The van der Waals surface area contributed by atoms with Crippen LogP contribution >= 0.6 is 0 Å². The summed E-state index contributed by atoms with van der Waals surface area (Å²) in [7, 11) is 1.76. The molecule has 16 heavy (non-hydrogen) atoms. The Morgan fingerprint density at radius 1 is 1.44 bits per heavy atom. The molecule has 1 saturated carbocycles. The fourth-order valence-electron chi connectivity index (χ4n) is 2.64. The Labute approximate surface area is 99.6 Å². The van der Waals surface area contributed by atoms with Crippen LogP contribution in [0.3, 0.4) is 0 Å². The molecule has 1 fully saturated rings. The van der Waals surface area contributed by atoms with E-state index in [2.05, 4.69) is 12.2 Å². The van der Waals surface area contributed by atoms with Gasteiger partial charge in [-0.2, -0.15) is 0 Å². The zero-order valence-corrected chi connectivity index (χ0v) is 10.7. The first kappa shape index (κ1) is 13.9. The first-order valence-electron chi connectivity index (χ1n) is 6.67. The van der Waals surface area contributed by atoms with Gasteiger partial charge in [-0.25, -0.2) is 0 Å². The quantitative estimate of drug-likeness (QED) is 0.668. The van der Waals surface area contributed by atoms with Crippen LogP contribution in [-0.4, -0.2) is 37.5 Å². The number of hydrogen-bond acceptors (Lipinski definition) is 3. The summed E-state index contributed by atoms with van der Waals surface area (Å²) in [6, 6.07) is 0.962. The topological polar surface area (TPSA) is 41.5 Å². The monoisotopic (exact) mass is 229 g/mol. The van der Waals surface area contributed by atoms with Gasteiger partial charge in [-0.3, -0.25) is 0 Å². The minimum atomic E-state index is 0.325. The van der Waals surface area contributed by atoms with Gasteiger partial charge in [-0.05, 0) is 25.2 Å². The fraction of sp³-hybridized carbons (Fsp3) is 1.00. The van der Waals surface area contributed by atoms with Gasteiger partial charge in [0.1, 0.15) is 0 Å². The first-order valence-corrected chi connectivity index (χ1v) is 6.67. The smallest absolute Gasteiger partial charge is 0.0615 e. The summed E-state index contributed by atoms with van der Waals surface area (Å²) in [6.45, 7) is 3.33. The molecule has 0 aliphatic heterocycles. The van der Waals surface area contributed by atoms with Gasteiger partial charge < -0.3 is 15.2 Å². The lowest BCUT2D eigenvalue weighted by molar-refractivity contribution is 0.140. The SMILES string of the molecule is CCCCC(COC)NC1CCCC1CO. The van der Waals surface area contributed by atoms with E-state index >= 15 is 0 Å². The molecule has 1 rings (SSSR count). The third kappa shape index (κ3) is 4.40. The van der Waals surface area contributed by atoms with Crippen LogP contribution < -0.4 is 5.32 Å². The number of rotatable bonds is 8. The van der Waals surface area contributed by atoms with Crippen molar-refractivity contribution in [1.29, 1.82) is 0 Å². The average Bonchev–Trinajstić information content (AvgIpc) is 2.73. The van der Waals surface area contributed by atoms with Crippen LogP contribution in [0.2, 0.25) is 0 Å². The Bertz CT molecular complexity index is 175. The van der Waals surface area contributed by atoms with Crippen LogP contribution in [0.5, 0.6) is 0 Å². The van der Waals surface area contributed by atoms with E-state index in [-0.39, 0.29) is 0 Å². The number of hydrogen-bond donors (Lipinski definition) is 2. The largest absolute Gasteiger partial charge is 0.396 e. The number of aliphatic hydroxyl groups excluding tert-OH is 1. The molecule has 0 radical (unpaired) electrons. The minimum absolute atomic E-state index is 0.325. The molecule has 2 N–H and O–H groups in total. The van der Waals surface area contributed by atoms with E-state index in [1.54, 1.807) is 7.11 Å². The van der Waals surface area contributed by atoms with Crippen LogP contribution in [0.25, 0.3) is 0 Å². The number of aliphatic hydroxyl groups is 1. The molecule has 3 atom stereocenters. The molecule has 3 heteroatoms. The summed E-state index contributed by atoms with van der Waals surface area (Å²) in [5, 5.41) is 13.0. The molecule has 0 bridgehead atoms. The molecule has 0 spiro atoms. The van der Waals surface area contributed by atoms with Gasteiger partial charge in [0.2, 0.25) is 0 Å². The van der Waals surface area contributed by atoms with Gasteiger partial charge in [0.15, 0.2) is 0 Å². The second-order valence-corrected chi connectivity index (χ2v) is 4.94. The lowest BCUT2D eigenvalue weighted by atomic mass is 10.0. The Kier molecular flexibility index (Phi) is 7.01. The zero-order chi connectivity index (χ0) is 11.8. The molecule has 0 amide bonds.